The summed E-state index contributed by atoms with van der Waals surface area (Å²) >= 11 is 10.7. The molecule has 0 heterocycles. The average molecular weight is 227 g/mol. The van der Waals surface area contributed by atoms with Gasteiger partial charge in [0.05, 0.1) is 5.56 Å². The minimum absolute atomic E-state index is 0. The number of carbonyl (C=O) groups is 1. The molecule has 1 aromatic rings. The molecule has 0 radical (unpaired) electrons. The maximum absolute atomic E-state index is 10.6. The fourth-order valence-corrected chi connectivity index (χ4v) is 0.989. The predicted octanol–water partition coefficient (Wildman–Crippen LogP) is 2.85. The molecule has 0 fully saturated rings. The lowest BCUT2D eigenvalue weighted by molar-refractivity contribution is 0.107. The van der Waals surface area contributed by atoms with Gasteiger partial charge in [-0.05, 0) is 29.8 Å². The standard InChI is InChI=1S/C7H4Cl2O2.ClH/c8-4-1-2-6(10)5(3-4)7(9)11;/h1-3,10H;1H. The quantitative estimate of drug-likeness (QED) is 0.749. The van der Waals surface area contributed by atoms with Crippen molar-refractivity contribution in [2.75, 3.05) is 0 Å². The maximum atomic E-state index is 10.6. The third kappa shape index (κ3) is 2.55. The minimum Gasteiger partial charge on any atom is -0.507 e. The van der Waals surface area contributed by atoms with E-state index in [4.69, 9.17) is 28.3 Å². The van der Waals surface area contributed by atoms with Crippen LogP contribution in [0, 0.1) is 0 Å². The Balaban J connectivity index is 0.00000121. The van der Waals surface area contributed by atoms with Gasteiger partial charge in [-0.25, -0.2) is 0 Å². The summed E-state index contributed by atoms with van der Waals surface area (Å²) in [6, 6.07) is 4.10. The van der Waals surface area contributed by atoms with Gasteiger partial charge in [0, 0.05) is 5.02 Å². The van der Waals surface area contributed by atoms with Crippen molar-refractivity contribution in [3.05, 3.63) is 28.8 Å². The number of rotatable bonds is 1. The predicted molar refractivity (Wildman–Crippen MR) is 50.5 cm³/mol. The van der Waals surface area contributed by atoms with Crippen molar-refractivity contribution in [3.8, 4) is 5.75 Å². The molecule has 0 saturated carbocycles. The second-order valence-corrected chi connectivity index (χ2v) is 2.71. The highest BCUT2D eigenvalue weighted by atomic mass is 35.5. The highest BCUT2D eigenvalue weighted by molar-refractivity contribution is 6.68. The summed E-state index contributed by atoms with van der Waals surface area (Å²) < 4.78 is 0. The molecule has 0 spiro atoms. The van der Waals surface area contributed by atoms with Gasteiger partial charge in [-0.2, -0.15) is 0 Å². The first-order chi connectivity index (χ1) is 5.11. The van der Waals surface area contributed by atoms with Gasteiger partial charge in [-0.15, -0.1) is 12.4 Å². The van der Waals surface area contributed by atoms with Gasteiger partial charge in [0.2, 0.25) is 0 Å². The molecule has 0 saturated heterocycles. The van der Waals surface area contributed by atoms with E-state index in [1.165, 1.54) is 18.2 Å². The normalized spacial score (nSPS) is 8.83. The summed E-state index contributed by atoms with van der Waals surface area (Å²) in [7, 11) is 0. The summed E-state index contributed by atoms with van der Waals surface area (Å²) in [4.78, 5) is 10.6. The van der Waals surface area contributed by atoms with Crippen LogP contribution in [0.4, 0.5) is 0 Å². The second-order valence-electron chi connectivity index (χ2n) is 1.94. The van der Waals surface area contributed by atoms with Crippen LogP contribution in [0.25, 0.3) is 0 Å². The maximum Gasteiger partial charge on any atom is 0.256 e. The topological polar surface area (TPSA) is 37.3 Å². The Hall–Kier alpha value is -0.440. The lowest BCUT2D eigenvalue weighted by atomic mass is 10.2. The van der Waals surface area contributed by atoms with E-state index in [1.54, 1.807) is 0 Å². The first kappa shape index (κ1) is 11.6. The molecule has 0 aliphatic rings. The van der Waals surface area contributed by atoms with Crippen molar-refractivity contribution in [1.82, 2.24) is 0 Å². The van der Waals surface area contributed by atoms with Crippen LogP contribution in [-0.4, -0.2) is 10.3 Å². The van der Waals surface area contributed by atoms with Crippen molar-refractivity contribution < 1.29 is 9.90 Å². The van der Waals surface area contributed by atoms with Crippen molar-refractivity contribution in [1.29, 1.82) is 0 Å². The van der Waals surface area contributed by atoms with Gasteiger partial charge in [-0.1, -0.05) is 11.6 Å². The summed E-state index contributed by atoms with van der Waals surface area (Å²) in [5.74, 6) is -0.158. The number of phenolic OH excluding ortho intramolecular Hbond substituents is 1. The lowest BCUT2D eigenvalue weighted by Gasteiger charge is -1.97. The molecule has 0 aliphatic heterocycles. The molecule has 1 aromatic carbocycles. The Morgan fingerprint density at radius 3 is 2.42 bits per heavy atom. The van der Waals surface area contributed by atoms with Crippen LogP contribution >= 0.6 is 35.6 Å². The summed E-state index contributed by atoms with van der Waals surface area (Å²) in [6.07, 6.45) is 0. The first-order valence-corrected chi connectivity index (χ1v) is 3.55. The second kappa shape index (κ2) is 4.55. The number of carbonyl (C=O) groups excluding carboxylic acids is 1. The van der Waals surface area contributed by atoms with Crippen LogP contribution in [0.15, 0.2) is 18.2 Å². The Labute approximate surface area is 85.5 Å². The highest BCUT2D eigenvalue weighted by Crippen LogP contribution is 2.22. The molecule has 1 N–H and O–H groups in total. The molecule has 0 aromatic heterocycles. The highest BCUT2D eigenvalue weighted by Gasteiger charge is 2.07. The van der Waals surface area contributed by atoms with Crippen molar-refractivity contribution in [2.45, 2.75) is 0 Å². The average Bonchev–Trinajstić information content (AvgIpc) is 1.94. The van der Waals surface area contributed by atoms with Crippen LogP contribution in [0.5, 0.6) is 5.75 Å². The third-order valence-electron chi connectivity index (χ3n) is 1.17. The van der Waals surface area contributed by atoms with E-state index in [1.807, 2.05) is 0 Å². The molecule has 0 bridgehead atoms. The van der Waals surface area contributed by atoms with Crippen LogP contribution in [-0.2, 0) is 0 Å². The number of benzene rings is 1. The number of hydrogen-bond acceptors (Lipinski definition) is 2. The largest absolute Gasteiger partial charge is 0.507 e. The molecular weight excluding hydrogens is 222 g/mol. The summed E-state index contributed by atoms with van der Waals surface area (Å²) in [6.45, 7) is 0. The zero-order chi connectivity index (χ0) is 8.43. The van der Waals surface area contributed by atoms with E-state index < -0.39 is 5.24 Å². The fourth-order valence-electron chi connectivity index (χ4n) is 0.666. The smallest absolute Gasteiger partial charge is 0.256 e. The van der Waals surface area contributed by atoms with E-state index in [-0.39, 0.29) is 23.7 Å². The number of hydrogen-bond donors (Lipinski definition) is 1. The molecule has 2 nitrogen and oxygen atoms in total. The Morgan fingerprint density at radius 1 is 1.42 bits per heavy atom. The zero-order valence-corrected chi connectivity index (χ0v) is 8.08. The summed E-state index contributed by atoms with van der Waals surface area (Å²) in [5, 5.41) is 8.69. The van der Waals surface area contributed by atoms with Crippen LogP contribution in [0.1, 0.15) is 10.4 Å². The Kier molecular flexibility index (Phi) is 4.39. The molecule has 1 rings (SSSR count). The van der Waals surface area contributed by atoms with E-state index in [9.17, 15) is 4.79 Å². The molecule has 0 atom stereocenters. The molecular formula is C7H5Cl3O2. The van der Waals surface area contributed by atoms with Crippen molar-refractivity contribution in [2.24, 2.45) is 0 Å². The molecule has 12 heavy (non-hydrogen) atoms. The van der Waals surface area contributed by atoms with E-state index in [0.29, 0.717) is 5.02 Å². The molecule has 5 heteroatoms. The summed E-state index contributed by atoms with van der Waals surface area (Å²) in [5.41, 5.74) is 0.0270. The Bertz CT molecular complexity index is 299. The van der Waals surface area contributed by atoms with Crippen LogP contribution in [0.3, 0.4) is 0 Å². The van der Waals surface area contributed by atoms with Gasteiger partial charge in [0.15, 0.2) is 0 Å². The van der Waals surface area contributed by atoms with E-state index >= 15 is 0 Å². The van der Waals surface area contributed by atoms with Gasteiger partial charge < -0.3 is 5.11 Å². The Morgan fingerprint density at radius 2 is 2.00 bits per heavy atom. The van der Waals surface area contributed by atoms with Gasteiger partial charge in [0.1, 0.15) is 5.75 Å². The van der Waals surface area contributed by atoms with E-state index in [2.05, 4.69) is 0 Å². The molecule has 0 unspecified atom stereocenters. The lowest BCUT2D eigenvalue weighted by Crippen LogP contribution is -1.88. The van der Waals surface area contributed by atoms with Crippen molar-refractivity contribution in [3.63, 3.8) is 0 Å². The monoisotopic (exact) mass is 226 g/mol. The first-order valence-electron chi connectivity index (χ1n) is 2.79. The number of halogens is 3. The molecule has 0 aliphatic carbocycles. The van der Waals surface area contributed by atoms with Crippen LogP contribution in [0.2, 0.25) is 5.02 Å². The van der Waals surface area contributed by atoms with Crippen LogP contribution < -0.4 is 0 Å². The number of aromatic hydroxyl groups is 1. The fraction of sp³-hybridized carbons (Fsp3) is 0. The number of phenols is 1. The van der Waals surface area contributed by atoms with E-state index in [0.717, 1.165) is 0 Å². The molecule has 0 amide bonds. The van der Waals surface area contributed by atoms with Gasteiger partial charge in [-0.3, -0.25) is 4.79 Å². The van der Waals surface area contributed by atoms with Crippen molar-refractivity contribution >= 4 is 40.9 Å². The third-order valence-corrected chi connectivity index (χ3v) is 1.61. The van der Waals surface area contributed by atoms with Gasteiger partial charge >= 0.3 is 0 Å². The minimum atomic E-state index is -0.718. The van der Waals surface area contributed by atoms with Gasteiger partial charge in [0.25, 0.3) is 5.24 Å². The molecule has 66 valence electrons. The SMILES string of the molecule is Cl.O=C(Cl)c1cc(Cl)ccc1O. The zero-order valence-electron chi connectivity index (χ0n) is 5.75.